The minimum Gasteiger partial charge on any atom is -0.340 e. The van der Waals surface area contributed by atoms with E-state index in [-0.39, 0.29) is 11.5 Å². The normalized spacial score (nSPS) is 13.0. The number of nitrogens with zero attached hydrogens (tertiary/aromatic N) is 3. The predicted molar refractivity (Wildman–Crippen MR) is 106 cm³/mol. The third-order valence-corrected chi connectivity index (χ3v) is 5.69. The van der Waals surface area contributed by atoms with Crippen molar-refractivity contribution >= 4 is 23.1 Å². The monoisotopic (exact) mass is 359 g/mol. The summed E-state index contributed by atoms with van der Waals surface area (Å²) < 4.78 is 0. The number of nitriles is 2. The van der Waals surface area contributed by atoms with Crippen LogP contribution in [0.25, 0.3) is 0 Å². The number of benzene rings is 2. The van der Waals surface area contributed by atoms with Gasteiger partial charge in [0, 0.05) is 16.3 Å². The first kappa shape index (κ1) is 18.1. The summed E-state index contributed by atoms with van der Waals surface area (Å²) in [7, 11) is 0. The molecule has 1 aliphatic rings. The average molecular weight is 359 g/mol. The first-order valence-corrected chi connectivity index (χ1v) is 9.74. The fourth-order valence-electron chi connectivity index (χ4n) is 3.33. The number of fused-ring (bicyclic) bond motifs is 2. The summed E-state index contributed by atoms with van der Waals surface area (Å²) in [6.07, 6.45) is 4.78. The molecule has 2 aromatic rings. The molecule has 0 saturated carbocycles. The molecular formula is C22H21N3S. The fourth-order valence-corrected chi connectivity index (χ4v) is 4.43. The third-order valence-electron chi connectivity index (χ3n) is 4.56. The standard InChI is InChI=1S/C22H21N3S/c1-2-7-17(14-18(15-23)16-24)12-13-25-19-8-3-5-10-21(19)26-22-11-6-4-9-20(22)25/h3-6,8-11,14,17H,2,7,12-13H2,1H3. The Morgan fingerprint density at radius 3 is 2.12 bits per heavy atom. The molecule has 0 aliphatic carbocycles. The molecule has 3 rings (SSSR count). The third kappa shape index (κ3) is 3.93. The van der Waals surface area contributed by atoms with Crippen LogP contribution in [0.3, 0.4) is 0 Å². The second-order valence-electron chi connectivity index (χ2n) is 6.33. The zero-order chi connectivity index (χ0) is 18.4. The van der Waals surface area contributed by atoms with Crippen LogP contribution in [0.15, 0.2) is 70.0 Å². The van der Waals surface area contributed by atoms with Crippen LogP contribution in [0, 0.1) is 28.6 Å². The van der Waals surface area contributed by atoms with Gasteiger partial charge in [0.25, 0.3) is 0 Å². The lowest BCUT2D eigenvalue weighted by Crippen LogP contribution is -2.23. The Hall–Kier alpha value is -2.69. The Balaban J connectivity index is 1.86. The van der Waals surface area contributed by atoms with Gasteiger partial charge in [0.1, 0.15) is 17.7 Å². The van der Waals surface area contributed by atoms with Crippen LogP contribution in [-0.4, -0.2) is 6.54 Å². The maximum atomic E-state index is 9.07. The zero-order valence-electron chi connectivity index (χ0n) is 14.9. The van der Waals surface area contributed by atoms with E-state index < -0.39 is 0 Å². The van der Waals surface area contributed by atoms with E-state index in [0.717, 1.165) is 25.8 Å². The molecule has 0 radical (unpaired) electrons. The summed E-state index contributed by atoms with van der Waals surface area (Å²) in [5.41, 5.74) is 2.69. The van der Waals surface area contributed by atoms with Crippen molar-refractivity contribution in [2.45, 2.75) is 36.0 Å². The largest absolute Gasteiger partial charge is 0.340 e. The Kier molecular flexibility index (Phi) is 6.00. The molecule has 26 heavy (non-hydrogen) atoms. The second-order valence-corrected chi connectivity index (χ2v) is 7.41. The molecule has 0 bridgehead atoms. The highest BCUT2D eigenvalue weighted by molar-refractivity contribution is 7.99. The first-order chi connectivity index (χ1) is 12.8. The lowest BCUT2D eigenvalue weighted by Gasteiger charge is -2.33. The van der Waals surface area contributed by atoms with Crippen molar-refractivity contribution in [3.05, 3.63) is 60.2 Å². The maximum absolute atomic E-state index is 9.07. The number of para-hydroxylation sites is 2. The van der Waals surface area contributed by atoms with E-state index in [4.69, 9.17) is 10.5 Å². The Morgan fingerprint density at radius 2 is 1.58 bits per heavy atom. The van der Waals surface area contributed by atoms with Gasteiger partial charge in [-0.15, -0.1) is 0 Å². The fraction of sp³-hybridized carbons (Fsp3) is 0.273. The molecule has 0 aromatic heterocycles. The van der Waals surface area contributed by atoms with E-state index in [2.05, 4.69) is 60.4 Å². The second kappa shape index (κ2) is 8.61. The van der Waals surface area contributed by atoms with Gasteiger partial charge in [0.2, 0.25) is 0 Å². The van der Waals surface area contributed by atoms with Gasteiger partial charge in [0.05, 0.1) is 11.4 Å². The van der Waals surface area contributed by atoms with Gasteiger partial charge in [-0.05, 0) is 43.0 Å². The van der Waals surface area contributed by atoms with Crippen molar-refractivity contribution in [3.63, 3.8) is 0 Å². The molecule has 1 unspecified atom stereocenters. The molecule has 4 heteroatoms. The maximum Gasteiger partial charge on any atom is 0.125 e. The lowest BCUT2D eigenvalue weighted by atomic mass is 9.96. The molecule has 0 amide bonds. The van der Waals surface area contributed by atoms with Gasteiger partial charge >= 0.3 is 0 Å². The van der Waals surface area contributed by atoms with Crippen molar-refractivity contribution in [3.8, 4) is 12.1 Å². The Morgan fingerprint density at radius 1 is 1.00 bits per heavy atom. The van der Waals surface area contributed by atoms with Gasteiger partial charge in [-0.25, -0.2) is 0 Å². The first-order valence-electron chi connectivity index (χ1n) is 8.92. The topological polar surface area (TPSA) is 50.8 Å². The smallest absolute Gasteiger partial charge is 0.125 e. The zero-order valence-corrected chi connectivity index (χ0v) is 15.7. The van der Waals surface area contributed by atoms with Gasteiger partial charge in [-0.2, -0.15) is 10.5 Å². The quantitative estimate of drug-likeness (QED) is 0.587. The van der Waals surface area contributed by atoms with Gasteiger partial charge < -0.3 is 4.90 Å². The Labute approximate surface area is 159 Å². The lowest BCUT2D eigenvalue weighted by molar-refractivity contribution is 0.539. The van der Waals surface area contributed by atoms with Crippen LogP contribution >= 0.6 is 11.8 Å². The average Bonchev–Trinajstić information content (AvgIpc) is 2.69. The van der Waals surface area contributed by atoms with Crippen LogP contribution in [-0.2, 0) is 0 Å². The van der Waals surface area contributed by atoms with Crippen molar-refractivity contribution in [1.29, 1.82) is 10.5 Å². The molecule has 0 N–H and O–H groups in total. The molecule has 0 fully saturated rings. The summed E-state index contributed by atoms with van der Waals surface area (Å²) in [4.78, 5) is 4.91. The number of rotatable bonds is 6. The highest BCUT2D eigenvalue weighted by atomic mass is 32.2. The van der Waals surface area contributed by atoms with Crippen molar-refractivity contribution in [1.82, 2.24) is 0 Å². The molecule has 2 aromatic carbocycles. The summed E-state index contributed by atoms with van der Waals surface area (Å²) >= 11 is 1.81. The number of hydrogen-bond acceptors (Lipinski definition) is 4. The highest BCUT2D eigenvalue weighted by Gasteiger charge is 2.23. The van der Waals surface area contributed by atoms with E-state index in [0.29, 0.717) is 0 Å². The van der Waals surface area contributed by atoms with Gasteiger partial charge in [-0.1, -0.05) is 55.4 Å². The van der Waals surface area contributed by atoms with Crippen molar-refractivity contribution < 1.29 is 0 Å². The molecule has 1 aliphatic heterocycles. The number of anilines is 2. The molecule has 130 valence electrons. The van der Waals surface area contributed by atoms with E-state index >= 15 is 0 Å². The van der Waals surface area contributed by atoms with Gasteiger partial charge in [0.15, 0.2) is 0 Å². The van der Waals surface area contributed by atoms with E-state index in [1.807, 2.05) is 30.0 Å². The molecule has 0 saturated heterocycles. The van der Waals surface area contributed by atoms with Crippen LogP contribution in [0.4, 0.5) is 11.4 Å². The van der Waals surface area contributed by atoms with Crippen LogP contribution in [0.1, 0.15) is 26.2 Å². The molecule has 3 nitrogen and oxygen atoms in total. The number of hydrogen-bond donors (Lipinski definition) is 0. The van der Waals surface area contributed by atoms with E-state index in [1.165, 1.54) is 21.2 Å². The summed E-state index contributed by atoms with van der Waals surface area (Å²) in [6, 6.07) is 20.9. The molecule has 0 spiro atoms. The van der Waals surface area contributed by atoms with Crippen molar-refractivity contribution in [2.75, 3.05) is 11.4 Å². The van der Waals surface area contributed by atoms with E-state index in [1.54, 1.807) is 0 Å². The van der Waals surface area contributed by atoms with Crippen LogP contribution < -0.4 is 4.90 Å². The van der Waals surface area contributed by atoms with Crippen LogP contribution in [0.2, 0.25) is 0 Å². The minimum absolute atomic E-state index is 0.221. The van der Waals surface area contributed by atoms with E-state index in [9.17, 15) is 0 Å². The van der Waals surface area contributed by atoms with Crippen LogP contribution in [0.5, 0.6) is 0 Å². The summed E-state index contributed by atoms with van der Waals surface area (Å²) in [5, 5.41) is 18.1. The SMILES string of the molecule is CCCC(C=C(C#N)C#N)CCN1c2ccccc2Sc2ccccc21. The highest BCUT2D eigenvalue weighted by Crippen LogP contribution is 2.47. The predicted octanol–water partition coefficient (Wildman–Crippen LogP) is 6.07. The minimum atomic E-state index is 0.221. The molecule has 1 heterocycles. The Bertz CT molecular complexity index is 827. The summed E-state index contributed by atoms with van der Waals surface area (Å²) in [6.45, 7) is 3.00. The molecule has 1 atom stereocenters. The summed E-state index contributed by atoms with van der Waals surface area (Å²) in [5.74, 6) is 0.239. The number of allylic oxidation sites excluding steroid dienone is 2. The van der Waals surface area contributed by atoms with Gasteiger partial charge in [-0.3, -0.25) is 0 Å². The van der Waals surface area contributed by atoms with Crippen molar-refractivity contribution in [2.24, 2.45) is 5.92 Å². The molecular weight excluding hydrogens is 338 g/mol.